The molecule has 92 valence electrons. The lowest BCUT2D eigenvalue weighted by Gasteiger charge is -2.10. The number of carbonyl (C=O) groups excluding carboxylic acids is 1. The highest BCUT2D eigenvalue weighted by atomic mass is 79.9. The minimum atomic E-state index is -0.167. The second kappa shape index (κ2) is 6.02. The smallest absolute Gasteiger partial charge is 0.319 e. The Bertz CT molecular complexity index is 375. The summed E-state index contributed by atoms with van der Waals surface area (Å²) in [6, 6.07) is 7.31. The Morgan fingerprint density at radius 1 is 1.41 bits per heavy atom. The molecule has 1 fully saturated rings. The quantitative estimate of drug-likeness (QED) is 0.901. The van der Waals surface area contributed by atoms with Gasteiger partial charge in [-0.15, -0.1) is 0 Å². The number of carbonyl (C=O) groups is 1. The van der Waals surface area contributed by atoms with Crippen LogP contribution in [0, 0.1) is 5.92 Å². The number of benzene rings is 1. The first-order valence-electron chi connectivity index (χ1n) is 5.62. The van der Waals surface area contributed by atoms with Crippen LogP contribution in [0.25, 0.3) is 0 Å². The molecule has 1 aliphatic heterocycles. The fourth-order valence-electron chi connectivity index (χ4n) is 1.69. The summed E-state index contributed by atoms with van der Waals surface area (Å²) in [6.45, 7) is 2.22. The standard InChI is InChI=1S/C12H15BrN2O2/c13-10-1-3-11(4-2-10)15-12(16)14-7-9-5-6-17-8-9/h1-4,9H,5-8H2,(H2,14,15,16). The summed E-state index contributed by atoms with van der Waals surface area (Å²) in [6.07, 6.45) is 1.03. The molecule has 1 unspecified atom stereocenters. The second-order valence-corrected chi connectivity index (χ2v) is 4.99. The highest BCUT2D eigenvalue weighted by Crippen LogP contribution is 2.14. The molecule has 2 amide bonds. The number of hydrogen-bond donors (Lipinski definition) is 2. The molecule has 4 nitrogen and oxygen atoms in total. The van der Waals surface area contributed by atoms with Crippen LogP contribution in [0.2, 0.25) is 0 Å². The Labute approximate surface area is 109 Å². The molecule has 0 aromatic heterocycles. The SMILES string of the molecule is O=C(NCC1CCOC1)Nc1ccc(Br)cc1. The van der Waals surface area contributed by atoms with E-state index >= 15 is 0 Å². The van der Waals surface area contributed by atoms with Crippen molar-refractivity contribution in [1.29, 1.82) is 0 Å². The minimum Gasteiger partial charge on any atom is -0.381 e. The van der Waals surface area contributed by atoms with E-state index in [1.807, 2.05) is 24.3 Å². The molecule has 1 aromatic rings. The van der Waals surface area contributed by atoms with Crippen LogP contribution in [0.15, 0.2) is 28.7 Å². The number of anilines is 1. The molecule has 0 bridgehead atoms. The van der Waals surface area contributed by atoms with Gasteiger partial charge in [0.05, 0.1) is 6.61 Å². The zero-order valence-electron chi connectivity index (χ0n) is 9.41. The summed E-state index contributed by atoms with van der Waals surface area (Å²) < 4.78 is 6.24. The van der Waals surface area contributed by atoms with Crippen molar-refractivity contribution in [2.45, 2.75) is 6.42 Å². The molecular weight excluding hydrogens is 284 g/mol. The molecule has 1 atom stereocenters. The molecule has 2 rings (SSSR count). The molecule has 0 aliphatic carbocycles. The van der Waals surface area contributed by atoms with Crippen molar-refractivity contribution in [3.8, 4) is 0 Å². The van der Waals surface area contributed by atoms with Gasteiger partial charge in [-0.3, -0.25) is 0 Å². The van der Waals surface area contributed by atoms with Crippen molar-refractivity contribution in [2.24, 2.45) is 5.92 Å². The maximum atomic E-state index is 11.6. The van der Waals surface area contributed by atoms with Gasteiger partial charge in [-0.05, 0) is 30.7 Å². The van der Waals surface area contributed by atoms with Crippen LogP contribution in [0.5, 0.6) is 0 Å². The summed E-state index contributed by atoms with van der Waals surface area (Å²) >= 11 is 3.34. The number of hydrogen-bond acceptors (Lipinski definition) is 2. The van der Waals surface area contributed by atoms with E-state index in [4.69, 9.17) is 4.74 Å². The molecule has 2 N–H and O–H groups in total. The lowest BCUT2D eigenvalue weighted by Crippen LogP contribution is -2.33. The van der Waals surface area contributed by atoms with E-state index in [1.54, 1.807) is 0 Å². The summed E-state index contributed by atoms with van der Waals surface area (Å²) in [5.41, 5.74) is 0.786. The molecule has 1 saturated heterocycles. The van der Waals surface area contributed by atoms with Gasteiger partial charge in [0.25, 0.3) is 0 Å². The van der Waals surface area contributed by atoms with Gasteiger partial charge in [0.1, 0.15) is 0 Å². The van der Waals surface area contributed by atoms with E-state index in [-0.39, 0.29) is 6.03 Å². The summed E-state index contributed by atoms with van der Waals surface area (Å²) in [5, 5.41) is 5.63. The molecule has 0 radical (unpaired) electrons. The largest absolute Gasteiger partial charge is 0.381 e. The van der Waals surface area contributed by atoms with Crippen LogP contribution >= 0.6 is 15.9 Å². The Kier molecular flexibility index (Phi) is 4.39. The Morgan fingerprint density at radius 3 is 2.82 bits per heavy atom. The van der Waals surface area contributed by atoms with Crippen LogP contribution in [-0.4, -0.2) is 25.8 Å². The lowest BCUT2D eigenvalue weighted by atomic mass is 10.1. The van der Waals surface area contributed by atoms with E-state index < -0.39 is 0 Å². The molecule has 5 heteroatoms. The monoisotopic (exact) mass is 298 g/mol. The predicted octanol–water partition coefficient (Wildman–Crippen LogP) is 2.61. The number of urea groups is 1. The topological polar surface area (TPSA) is 50.4 Å². The van der Waals surface area contributed by atoms with Crippen LogP contribution in [-0.2, 0) is 4.74 Å². The molecule has 17 heavy (non-hydrogen) atoms. The van der Waals surface area contributed by atoms with E-state index in [1.165, 1.54) is 0 Å². The normalized spacial score (nSPS) is 19.0. The molecule has 1 aliphatic rings. The van der Waals surface area contributed by atoms with Gasteiger partial charge in [-0.25, -0.2) is 4.79 Å². The number of amides is 2. The summed E-state index contributed by atoms with van der Waals surface area (Å²) in [7, 11) is 0. The molecular formula is C12H15BrN2O2. The van der Waals surface area contributed by atoms with Crippen molar-refractivity contribution in [1.82, 2.24) is 5.32 Å². The fourth-order valence-corrected chi connectivity index (χ4v) is 1.95. The number of rotatable bonds is 3. The van der Waals surface area contributed by atoms with Gasteiger partial charge < -0.3 is 15.4 Å². The lowest BCUT2D eigenvalue weighted by molar-refractivity contribution is 0.185. The second-order valence-electron chi connectivity index (χ2n) is 4.07. The number of halogens is 1. The summed E-state index contributed by atoms with van der Waals surface area (Å²) in [4.78, 5) is 11.6. The highest BCUT2D eigenvalue weighted by Gasteiger charge is 2.16. The van der Waals surface area contributed by atoms with Crippen molar-refractivity contribution < 1.29 is 9.53 Å². The first-order valence-corrected chi connectivity index (χ1v) is 6.41. The van der Waals surface area contributed by atoms with Gasteiger partial charge in [-0.1, -0.05) is 15.9 Å². The van der Waals surface area contributed by atoms with Crippen molar-refractivity contribution in [3.63, 3.8) is 0 Å². The van der Waals surface area contributed by atoms with Gasteiger partial charge in [0.15, 0.2) is 0 Å². The molecule has 0 saturated carbocycles. The maximum Gasteiger partial charge on any atom is 0.319 e. The van der Waals surface area contributed by atoms with Crippen LogP contribution in [0.4, 0.5) is 10.5 Å². The van der Waals surface area contributed by atoms with E-state index in [0.717, 1.165) is 29.8 Å². The third kappa shape index (κ3) is 4.02. The Balaban J connectivity index is 1.74. The first kappa shape index (κ1) is 12.4. The van der Waals surface area contributed by atoms with Gasteiger partial charge in [-0.2, -0.15) is 0 Å². The van der Waals surface area contributed by atoms with Crippen molar-refractivity contribution >= 4 is 27.6 Å². The van der Waals surface area contributed by atoms with Crippen LogP contribution < -0.4 is 10.6 Å². The highest BCUT2D eigenvalue weighted by molar-refractivity contribution is 9.10. The zero-order chi connectivity index (χ0) is 12.1. The van der Waals surface area contributed by atoms with E-state index in [9.17, 15) is 4.79 Å². The average molecular weight is 299 g/mol. The zero-order valence-corrected chi connectivity index (χ0v) is 11.0. The van der Waals surface area contributed by atoms with Crippen molar-refractivity contribution in [2.75, 3.05) is 25.1 Å². The molecule has 1 aromatic carbocycles. The van der Waals surface area contributed by atoms with Crippen LogP contribution in [0.1, 0.15) is 6.42 Å². The van der Waals surface area contributed by atoms with E-state index in [2.05, 4.69) is 26.6 Å². The molecule has 0 spiro atoms. The maximum absolute atomic E-state index is 11.6. The van der Waals surface area contributed by atoms with Crippen molar-refractivity contribution in [3.05, 3.63) is 28.7 Å². The first-order chi connectivity index (χ1) is 8.24. The summed E-state index contributed by atoms with van der Waals surface area (Å²) in [5.74, 6) is 0.450. The van der Waals surface area contributed by atoms with Gasteiger partial charge in [0.2, 0.25) is 0 Å². The van der Waals surface area contributed by atoms with Crippen LogP contribution in [0.3, 0.4) is 0 Å². The van der Waals surface area contributed by atoms with Gasteiger partial charge in [0, 0.05) is 29.2 Å². The van der Waals surface area contributed by atoms with Gasteiger partial charge >= 0.3 is 6.03 Å². The fraction of sp³-hybridized carbons (Fsp3) is 0.417. The third-order valence-electron chi connectivity index (χ3n) is 2.68. The number of ether oxygens (including phenoxy) is 1. The minimum absolute atomic E-state index is 0.167. The average Bonchev–Trinajstić information content (AvgIpc) is 2.83. The Hall–Kier alpha value is -1.07. The van der Waals surface area contributed by atoms with E-state index in [0.29, 0.717) is 12.5 Å². The number of nitrogens with one attached hydrogen (secondary N) is 2. The molecule has 1 heterocycles. The predicted molar refractivity (Wildman–Crippen MR) is 70.1 cm³/mol. The third-order valence-corrected chi connectivity index (χ3v) is 3.21. The Morgan fingerprint density at radius 2 is 2.18 bits per heavy atom.